The van der Waals surface area contributed by atoms with Gasteiger partial charge in [0.25, 0.3) is 0 Å². The largest absolute Gasteiger partial charge is 0.361 e. The number of nitrogens with one attached hydrogen (secondary N) is 2. The van der Waals surface area contributed by atoms with Crippen molar-refractivity contribution in [2.24, 2.45) is 5.92 Å². The summed E-state index contributed by atoms with van der Waals surface area (Å²) in [6, 6.07) is 24.2. The zero-order valence-corrected chi connectivity index (χ0v) is 22.2. The Kier molecular flexibility index (Phi) is 5.74. The SMILES string of the molecule is O=C([C@@H]1CC(=O)N(c2ccccc2Cl)C1)N1CCC(c2c[nH]c3ccccc23)(c2c[nH]c3ccccc23)CC1. The Morgan fingerprint density at radius 2 is 1.38 bits per heavy atom. The van der Waals surface area contributed by atoms with Crippen LogP contribution in [0.2, 0.25) is 5.02 Å². The molecule has 196 valence electrons. The minimum Gasteiger partial charge on any atom is -0.361 e. The first kappa shape index (κ1) is 24.0. The van der Waals surface area contributed by atoms with E-state index in [9.17, 15) is 9.59 Å². The summed E-state index contributed by atoms with van der Waals surface area (Å²) in [6.45, 7) is 1.64. The summed E-state index contributed by atoms with van der Waals surface area (Å²) in [5, 5.41) is 2.97. The van der Waals surface area contributed by atoms with Gasteiger partial charge in [0, 0.05) is 65.7 Å². The molecule has 2 fully saturated rings. The number of carbonyl (C=O) groups excluding carboxylic acids is 2. The number of halogens is 1. The second-order valence-corrected chi connectivity index (χ2v) is 11.2. The Morgan fingerprint density at radius 1 is 0.821 bits per heavy atom. The maximum Gasteiger partial charge on any atom is 0.228 e. The van der Waals surface area contributed by atoms with E-state index in [0.29, 0.717) is 30.3 Å². The van der Waals surface area contributed by atoms with Crippen molar-refractivity contribution in [3.8, 4) is 0 Å². The zero-order valence-electron chi connectivity index (χ0n) is 21.5. The normalized spacial score (nSPS) is 19.3. The monoisotopic (exact) mass is 536 g/mol. The van der Waals surface area contributed by atoms with E-state index < -0.39 is 0 Å². The van der Waals surface area contributed by atoms with Crippen molar-refractivity contribution >= 4 is 50.9 Å². The quantitative estimate of drug-likeness (QED) is 0.284. The van der Waals surface area contributed by atoms with Crippen LogP contribution in [0, 0.1) is 5.92 Å². The average molecular weight is 537 g/mol. The van der Waals surface area contributed by atoms with E-state index in [4.69, 9.17) is 11.6 Å². The van der Waals surface area contributed by atoms with Crippen LogP contribution in [-0.2, 0) is 15.0 Å². The fourth-order valence-corrected chi connectivity index (χ4v) is 7.00. The standard InChI is InChI=1S/C32H29ClN4O2/c33-26-9-3-6-12-29(26)37-20-21(17-30(37)38)31(39)36-15-13-32(14-16-36,24-18-34-27-10-4-1-7-22(24)27)25-19-35-28-11-5-2-8-23(25)28/h1-12,18-19,21,34-35H,13-17,20H2/t21-/m1/s1. The fourth-order valence-electron chi connectivity index (χ4n) is 6.76. The zero-order chi connectivity index (χ0) is 26.6. The number of piperidine rings is 1. The first-order chi connectivity index (χ1) is 19.0. The van der Waals surface area contributed by atoms with Gasteiger partial charge in [0.1, 0.15) is 0 Å². The third kappa shape index (κ3) is 3.85. The predicted molar refractivity (Wildman–Crippen MR) is 155 cm³/mol. The molecule has 6 nitrogen and oxygen atoms in total. The van der Waals surface area contributed by atoms with Gasteiger partial charge in [-0.2, -0.15) is 0 Å². The number of H-pyrrole nitrogens is 2. The second kappa shape index (κ2) is 9.31. The van der Waals surface area contributed by atoms with Gasteiger partial charge in [-0.05, 0) is 48.2 Å². The smallest absolute Gasteiger partial charge is 0.228 e. The van der Waals surface area contributed by atoms with E-state index in [1.807, 2.05) is 23.1 Å². The molecule has 39 heavy (non-hydrogen) atoms. The highest BCUT2D eigenvalue weighted by Gasteiger charge is 2.44. The summed E-state index contributed by atoms with van der Waals surface area (Å²) in [5.74, 6) is -0.350. The molecule has 7 heteroatoms. The number of anilines is 1. The lowest BCUT2D eigenvalue weighted by molar-refractivity contribution is -0.137. The molecule has 1 atom stereocenters. The Hall–Kier alpha value is -4.03. The number of likely N-dealkylation sites (tertiary alicyclic amines) is 1. The topological polar surface area (TPSA) is 72.2 Å². The minimum absolute atomic E-state index is 0.0506. The molecule has 7 rings (SSSR count). The van der Waals surface area contributed by atoms with Gasteiger partial charge in [0.15, 0.2) is 0 Å². The number of para-hydroxylation sites is 3. The van der Waals surface area contributed by atoms with Crippen molar-refractivity contribution in [2.75, 3.05) is 24.5 Å². The molecule has 2 aromatic heterocycles. The van der Waals surface area contributed by atoms with Crippen LogP contribution in [0.1, 0.15) is 30.4 Å². The number of fused-ring (bicyclic) bond motifs is 2. The van der Waals surface area contributed by atoms with Gasteiger partial charge in [-0.25, -0.2) is 0 Å². The van der Waals surface area contributed by atoms with E-state index in [1.165, 1.54) is 21.9 Å². The molecular weight excluding hydrogens is 508 g/mol. The molecule has 0 spiro atoms. The van der Waals surface area contributed by atoms with Crippen LogP contribution >= 0.6 is 11.6 Å². The lowest BCUT2D eigenvalue weighted by atomic mass is 9.67. The van der Waals surface area contributed by atoms with Crippen LogP contribution in [0.5, 0.6) is 0 Å². The second-order valence-electron chi connectivity index (χ2n) is 10.8. The third-order valence-electron chi connectivity index (χ3n) is 8.76. The molecule has 2 aliphatic heterocycles. The van der Waals surface area contributed by atoms with Gasteiger partial charge < -0.3 is 19.8 Å². The molecule has 2 N–H and O–H groups in total. The van der Waals surface area contributed by atoms with E-state index in [0.717, 1.165) is 23.9 Å². The molecule has 0 radical (unpaired) electrons. The molecule has 3 aromatic carbocycles. The summed E-state index contributed by atoms with van der Waals surface area (Å²) in [7, 11) is 0. The van der Waals surface area contributed by atoms with Crippen molar-refractivity contribution in [1.29, 1.82) is 0 Å². The molecule has 5 aromatic rings. The number of aromatic amines is 2. The van der Waals surface area contributed by atoms with Crippen molar-refractivity contribution in [3.63, 3.8) is 0 Å². The first-order valence-corrected chi connectivity index (χ1v) is 13.9. The van der Waals surface area contributed by atoms with Crippen LogP contribution in [0.3, 0.4) is 0 Å². The molecule has 2 amide bonds. The highest BCUT2D eigenvalue weighted by molar-refractivity contribution is 6.33. The number of rotatable bonds is 4. The van der Waals surface area contributed by atoms with Crippen LogP contribution in [0.15, 0.2) is 85.2 Å². The number of carbonyl (C=O) groups is 2. The van der Waals surface area contributed by atoms with Crippen molar-refractivity contribution in [3.05, 3.63) is 101 Å². The van der Waals surface area contributed by atoms with Gasteiger partial charge in [-0.1, -0.05) is 60.1 Å². The Labute approximate surface area is 231 Å². The van der Waals surface area contributed by atoms with Crippen LogP contribution in [0.25, 0.3) is 21.8 Å². The van der Waals surface area contributed by atoms with Crippen molar-refractivity contribution in [2.45, 2.75) is 24.7 Å². The van der Waals surface area contributed by atoms with Gasteiger partial charge in [0.05, 0.1) is 16.6 Å². The summed E-state index contributed by atoms with van der Waals surface area (Å²) in [5.41, 5.74) is 5.22. The first-order valence-electron chi connectivity index (χ1n) is 13.5. The maximum atomic E-state index is 13.7. The highest BCUT2D eigenvalue weighted by atomic mass is 35.5. The Balaban J connectivity index is 1.19. The summed E-state index contributed by atoms with van der Waals surface area (Å²) >= 11 is 6.36. The minimum atomic E-state index is -0.359. The number of amides is 2. The highest BCUT2D eigenvalue weighted by Crippen LogP contribution is 2.47. The number of benzene rings is 3. The maximum absolute atomic E-state index is 13.7. The predicted octanol–water partition coefficient (Wildman–Crippen LogP) is 6.26. The fraction of sp³-hybridized carbons (Fsp3) is 0.250. The molecule has 2 saturated heterocycles. The molecule has 2 aliphatic rings. The van der Waals surface area contributed by atoms with E-state index in [2.05, 4.69) is 70.9 Å². The van der Waals surface area contributed by atoms with Gasteiger partial charge in [-0.15, -0.1) is 0 Å². The number of aromatic nitrogens is 2. The molecule has 0 aliphatic carbocycles. The van der Waals surface area contributed by atoms with E-state index >= 15 is 0 Å². The summed E-state index contributed by atoms with van der Waals surface area (Å²) < 4.78 is 0. The van der Waals surface area contributed by atoms with Gasteiger partial charge in [-0.3, -0.25) is 9.59 Å². The molecular formula is C32H29ClN4O2. The average Bonchev–Trinajstić information content (AvgIpc) is 3.70. The summed E-state index contributed by atoms with van der Waals surface area (Å²) in [6.07, 6.45) is 6.13. The van der Waals surface area contributed by atoms with Crippen LogP contribution in [0.4, 0.5) is 5.69 Å². The van der Waals surface area contributed by atoms with Gasteiger partial charge >= 0.3 is 0 Å². The molecule has 0 bridgehead atoms. The summed E-state index contributed by atoms with van der Waals surface area (Å²) in [4.78, 5) is 37.2. The lowest BCUT2D eigenvalue weighted by Gasteiger charge is -2.43. The van der Waals surface area contributed by atoms with E-state index in [1.54, 1.807) is 11.0 Å². The van der Waals surface area contributed by atoms with Crippen LogP contribution < -0.4 is 4.90 Å². The lowest BCUT2D eigenvalue weighted by Crippen LogP contribution is -2.47. The third-order valence-corrected chi connectivity index (χ3v) is 9.08. The van der Waals surface area contributed by atoms with Crippen LogP contribution in [-0.4, -0.2) is 46.3 Å². The molecule has 0 saturated carbocycles. The Morgan fingerprint density at radius 3 is 2.00 bits per heavy atom. The van der Waals surface area contributed by atoms with Gasteiger partial charge in [0.2, 0.25) is 11.8 Å². The van der Waals surface area contributed by atoms with E-state index in [-0.39, 0.29) is 29.6 Å². The molecule has 0 unspecified atom stereocenters. The number of hydrogen-bond acceptors (Lipinski definition) is 2. The van der Waals surface area contributed by atoms with Crippen molar-refractivity contribution < 1.29 is 9.59 Å². The number of hydrogen-bond donors (Lipinski definition) is 2. The molecule has 4 heterocycles. The van der Waals surface area contributed by atoms with Crippen molar-refractivity contribution in [1.82, 2.24) is 14.9 Å². The Bertz CT molecular complexity index is 1640. The number of nitrogens with zero attached hydrogens (tertiary/aromatic N) is 2.